The molecule has 0 saturated heterocycles. The predicted molar refractivity (Wildman–Crippen MR) is 82.9 cm³/mol. The average molecular weight is 298 g/mol. The van der Waals surface area contributed by atoms with Gasteiger partial charge in [0.2, 0.25) is 0 Å². The van der Waals surface area contributed by atoms with Crippen molar-refractivity contribution in [3.8, 4) is 0 Å². The van der Waals surface area contributed by atoms with Crippen molar-refractivity contribution in [1.82, 2.24) is 0 Å². The number of anilines is 1. The highest BCUT2D eigenvalue weighted by atomic mass is 35.5. The number of carbonyl (C=O) groups excluding carboxylic acids is 2. The third-order valence-corrected chi connectivity index (χ3v) is 3.80. The van der Waals surface area contributed by atoms with Crippen LogP contribution in [0.1, 0.15) is 11.1 Å². The van der Waals surface area contributed by atoms with Crippen molar-refractivity contribution in [3.63, 3.8) is 0 Å². The van der Waals surface area contributed by atoms with Crippen LogP contribution in [0.3, 0.4) is 0 Å². The second-order valence-corrected chi connectivity index (χ2v) is 5.17. The van der Waals surface area contributed by atoms with E-state index in [0.29, 0.717) is 11.3 Å². The molecule has 0 atom stereocenters. The van der Waals surface area contributed by atoms with E-state index in [2.05, 4.69) is 0 Å². The van der Waals surface area contributed by atoms with Crippen LogP contribution >= 0.6 is 11.6 Å². The van der Waals surface area contributed by atoms with Gasteiger partial charge in [0, 0.05) is 0 Å². The lowest BCUT2D eigenvalue weighted by Crippen LogP contribution is -2.31. The number of nitrogens with zero attached hydrogens (tertiary/aromatic N) is 1. The fraction of sp³-hybridized carbons (Fsp3) is 0.0588. The lowest BCUT2D eigenvalue weighted by Gasteiger charge is -2.17. The summed E-state index contributed by atoms with van der Waals surface area (Å²) in [7, 11) is 0. The first-order valence-corrected chi connectivity index (χ1v) is 6.88. The Balaban J connectivity index is 2.10. The molecule has 0 radical (unpaired) electrons. The lowest BCUT2D eigenvalue weighted by atomic mass is 10.1. The molecule has 2 aromatic rings. The van der Waals surface area contributed by atoms with Gasteiger partial charge in [-0.2, -0.15) is 0 Å². The minimum absolute atomic E-state index is 0.0329. The highest BCUT2D eigenvalue weighted by molar-refractivity contribution is 6.60. The van der Waals surface area contributed by atoms with Crippen LogP contribution in [0.25, 0.3) is 5.57 Å². The number of carbonyl (C=O) groups is 2. The summed E-state index contributed by atoms with van der Waals surface area (Å²) in [6.45, 7) is 1.85. The monoisotopic (exact) mass is 297 g/mol. The van der Waals surface area contributed by atoms with Gasteiger partial charge in [-0.3, -0.25) is 9.59 Å². The Bertz CT molecular complexity index is 765. The maximum Gasteiger partial charge on any atom is 0.277 e. The van der Waals surface area contributed by atoms with Crippen LogP contribution in [-0.2, 0) is 9.59 Å². The summed E-state index contributed by atoms with van der Waals surface area (Å²) >= 11 is 6.12. The third kappa shape index (κ3) is 2.16. The summed E-state index contributed by atoms with van der Waals surface area (Å²) in [4.78, 5) is 26.1. The Morgan fingerprint density at radius 3 is 2.14 bits per heavy atom. The quantitative estimate of drug-likeness (QED) is 0.795. The van der Waals surface area contributed by atoms with Gasteiger partial charge in [-0.15, -0.1) is 0 Å². The zero-order chi connectivity index (χ0) is 15.0. The number of imide groups is 1. The van der Waals surface area contributed by atoms with E-state index in [9.17, 15) is 9.59 Å². The molecular formula is C17H12ClNO2. The first kappa shape index (κ1) is 13.6. The second-order valence-electron chi connectivity index (χ2n) is 4.79. The average Bonchev–Trinajstić information content (AvgIpc) is 2.71. The first-order valence-electron chi connectivity index (χ1n) is 6.51. The van der Waals surface area contributed by atoms with Gasteiger partial charge in [0.05, 0.1) is 11.3 Å². The van der Waals surface area contributed by atoms with E-state index < -0.39 is 5.91 Å². The van der Waals surface area contributed by atoms with Crippen LogP contribution in [0.5, 0.6) is 0 Å². The number of halogens is 1. The summed E-state index contributed by atoms with van der Waals surface area (Å²) in [5, 5.41) is -0.0329. The van der Waals surface area contributed by atoms with Gasteiger partial charge in [-0.05, 0) is 24.1 Å². The molecule has 3 rings (SSSR count). The number of rotatable bonds is 2. The van der Waals surface area contributed by atoms with Crippen molar-refractivity contribution < 1.29 is 9.59 Å². The van der Waals surface area contributed by atoms with Crippen LogP contribution in [0.15, 0.2) is 59.6 Å². The van der Waals surface area contributed by atoms with Crippen molar-refractivity contribution >= 4 is 34.7 Å². The molecule has 4 heteroatoms. The van der Waals surface area contributed by atoms with E-state index in [0.717, 1.165) is 10.5 Å². The van der Waals surface area contributed by atoms with E-state index in [1.165, 1.54) is 0 Å². The smallest absolute Gasteiger partial charge is 0.268 e. The summed E-state index contributed by atoms with van der Waals surface area (Å²) < 4.78 is 0. The molecule has 0 fully saturated rings. The molecule has 0 unspecified atom stereocenters. The normalized spacial score (nSPS) is 15.0. The number of benzene rings is 2. The largest absolute Gasteiger partial charge is 0.277 e. The third-order valence-electron chi connectivity index (χ3n) is 3.45. The number of hydrogen-bond acceptors (Lipinski definition) is 2. The van der Waals surface area contributed by atoms with Gasteiger partial charge in [0.1, 0.15) is 5.03 Å². The summed E-state index contributed by atoms with van der Waals surface area (Å²) in [5.74, 6) is -0.861. The van der Waals surface area contributed by atoms with Crippen LogP contribution in [0.2, 0.25) is 0 Å². The Hall–Kier alpha value is -2.39. The van der Waals surface area contributed by atoms with Gasteiger partial charge >= 0.3 is 0 Å². The Morgan fingerprint density at radius 2 is 1.48 bits per heavy atom. The van der Waals surface area contributed by atoms with Crippen molar-refractivity contribution in [2.24, 2.45) is 0 Å². The van der Waals surface area contributed by atoms with E-state index >= 15 is 0 Å². The maximum atomic E-state index is 12.6. The van der Waals surface area contributed by atoms with Crippen LogP contribution in [-0.4, -0.2) is 11.8 Å². The summed E-state index contributed by atoms with van der Waals surface area (Å²) in [5.41, 5.74) is 2.32. The van der Waals surface area contributed by atoms with E-state index in [1.54, 1.807) is 36.4 Å². The Labute approximate surface area is 127 Å². The van der Waals surface area contributed by atoms with Gasteiger partial charge in [-0.1, -0.05) is 60.1 Å². The summed E-state index contributed by atoms with van der Waals surface area (Å²) in [6, 6.07) is 16.2. The van der Waals surface area contributed by atoms with Gasteiger partial charge in [-0.25, -0.2) is 4.90 Å². The zero-order valence-corrected chi connectivity index (χ0v) is 12.1. The molecule has 21 heavy (non-hydrogen) atoms. The standard InChI is InChI=1S/C17H12ClNO2/c1-11-7-5-6-10-13(11)19-16(20)14(15(18)17(19)21)12-8-3-2-4-9-12/h2-10H,1H3. The molecular weight excluding hydrogens is 286 g/mol. The molecule has 1 aliphatic rings. The molecule has 2 amide bonds. The molecule has 104 valence electrons. The topological polar surface area (TPSA) is 37.4 Å². The van der Waals surface area contributed by atoms with Crippen molar-refractivity contribution in [2.75, 3.05) is 4.90 Å². The van der Waals surface area contributed by atoms with Crippen molar-refractivity contribution in [3.05, 3.63) is 70.8 Å². The van der Waals surface area contributed by atoms with E-state index in [4.69, 9.17) is 11.6 Å². The number of hydrogen-bond donors (Lipinski definition) is 0. The van der Waals surface area contributed by atoms with E-state index in [1.807, 2.05) is 25.1 Å². The molecule has 1 aliphatic heterocycles. The Kier molecular flexibility index (Phi) is 3.35. The van der Waals surface area contributed by atoms with Crippen molar-refractivity contribution in [2.45, 2.75) is 6.92 Å². The minimum Gasteiger partial charge on any atom is -0.268 e. The minimum atomic E-state index is -0.477. The second kappa shape index (κ2) is 5.19. The SMILES string of the molecule is Cc1ccccc1N1C(=O)C(Cl)=C(c2ccccc2)C1=O. The highest BCUT2D eigenvalue weighted by Gasteiger charge is 2.39. The molecule has 0 saturated carbocycles. The molecule has 0 aliphatic carbocycles. The van der Waals surface area contributed by atoms with E-state index in [-0.39, 0.29) is 16.5 Å². The molecule has 2 aromatic carbocycles. The number of aryl methyl sites for hydroxylation is 1. The van der Waals surface area contributed by atoms with Crippen molar-refractivity contribution in [1.29, 1.82) is 0 Å². The fourth-order valence-corrected chi connectivity index (χ4v) is 2.67. The van der Waals surface area contributed by atoms with Gasteiger partial charge in [0.25, 0.3) is 11.8 Å². The van der Waals surface area contributed by atoms with Crippen LogP contribution < -0.4 is 4.90 Å². The fourth-order valence-electron chi connectivity index (χ4n) is 2.39. The molecule has 0 spiro atoms. The highest BCUT2D eigenvalue weighted by Crippen LogP contribution is 2.35. The van der Waals surface area contributed by atoms with Crippen LogP contribution in [0, 0.1) is 6.92 Å². The number of para-hydroxylation sites is 1. The lowest BCUT2D eigenvalue weighted by molar-refractivity contribution is -0.119. The first-order chi connectivity index (χ1) is 10.1. The maximum absolute atomic E-state index is 12.6. The Morgan fingerprint density at radius 1 is 0.857 bits per heavy atom. The zero-order valence-electron chi connectivity index (χ0n) is 11.3. The molecule has 0 N–H and O–H groups in total. The van der Waals surface area contributed by atoms with Crippen LogP contribution in [0.4, 0.5) is 5.69 Å². The summed E-state index contributed by atoms with van der Waals surface area (Å²) in [6.07, 6.45) is 0. The van der Waals surface area contributed by atoms with Gasteiger partial charge < -0.3 is 0 Å². The number of amides is 2. The predicted octanol–water partition coefficient (Wildman–Crippen LogP) is 3.52. The van der Waals surface area contributed by atoms with Gasteiger partial charge in [0.15, 0.2) is 0 Å². The molecule has 3 nitrogen and oxygen atoms in total. The molecule has 1 heterocycles. The molecule has 0 bridgehead atoms. The molecule has 0 aromatic heterocycles.